The average Bonchev–Trinajstić information content (AvgIpc) is 2.84. The van der Waals surface area contributed by atoms with E-state index in [1.165, 1.54) is 5.56 Å². The lowest BCUT2D eigenvalue weighted by Gasteiger charge is -2.21. The monoisotopic (exact) mass is 441 g/mol. The summed E-state index contributed by atoms with van der Waals surface area (Å²) < 4.78 is 5.66. The van der Waals surface area contributed by atoms with Gasteiger partial charge in [0.25, 0.3) is 0 Å². The number of pyridine rings is 1. The molecule has 0 radical (unpaired) electrons. The molecule has 8 heteroatoms. The zero-order valence-corrected chi connectivity index (χ0v) is 18.8. The summed E-state index contributed by atoms with van der Waals surface area (Å²) in [5.41, 5.74) is 13.9. The second-order valence-corrected chi connectivity index (χ2v) is 8.12. The van der Waals surface area contributed by atoms with Gasteiger partial charge in [-0.25, -0.2) is 15.0 Å². The molecule has 0 amide bonds. The van der Waals surface area contributed by atoms with Crippen LogP contribution in [-0.2, 0) is 6.42 Å². The van der Waals surface area contributed by atoms with E-state index in [1.54, 1.807) is 6.20 Å². The molecular weight excluding hydrogens is 414 g/mol. The van der Waals surface area contributed by atoms with Gasteiger partial charge in [0.2, 0.25) is 11.8 Å². The summed E-state index contributed by atoms with van der Waals surface area (Å²) in [5, 5.41) is 10.7. The van der Waals surface area contributed by atoms with Crippen molar-refractivity contribution >= 4 is 33.9 Å². The third-order valence-electron chi connectivity index (χ3n) is 5.86. The zero-order chi connectivity index (χ0) is 22.8. The van der Waals surface area contributed by atoms with E-state index in [2.05, 4.69) is 45.0 Å². The van der Waals surface area contributed by atoms with Crippen LogP contribution in [0.3, 0.4) is 0 Å². The number of anilines is 4. The highest BCUT2D eigenvalue weighted by molar-refractivity contribution is 5.95. The maximum atomic E-state index is 6.38. The van der Waals surface area contributed by atoms with E-state index in [0.717, 1.165) is 58.5 Å². The molecule has 33 heavy (non-hydrogen) atoms. The van der Waals surface area contributed by atoms with Crippen molar-refractivity contribution in [2.45, 2.75) is 13.3 Å². The first-order valence-electron chi connectivity index (χ1n) is 11.1. The fourth-order valence-corrected chi connectivity index (χ4v) is 4.04. The molecule has 3 heterocycles. The van der Waals surface area contributed by atoms with Crippen LogP contribution in [0.15, 0.2) is 48.8 Å². The van der Waals surface area contributed by atoms with Gasteiger partial charge in [-0.1, -0.05) is 12.1 Å². The molecule has 0 atom stereocenters. The predicted octanol–water partition coefficient (Wildman–Crippen LogP) is 3.89. The first-order chi connectivity index (χ1) is 16.1. The van der Waals surface area contributed by atoms with Crippen molar-refractivity contribution in [3.8, 4) is 17.0 Å². The number of likely N-dealkylation sites (N-methyl/N-ethyl adjacent to an activating group) is 1. The van der Waals surface area contributed by atoms with Gasteiger partial charge in [0.05, 0.1) is 5.52 Å². The van der Waals surface area contributed by atoms with Crippen molar-refractivity contribution in [3.05, 3.63) is 59.9 Å². The Bertz CT molecular complexity index is 1300. The maximum absolute atomic E-state index is 6.38. The number of hydrogen-bond acceptors (Lipinski definition) is 8. The van der Waals surface area contributed by atoms with Gasteiger partial charge in [-0.15, -0.1) is 0 Å². The van der Waals surface area contributed by atoms with Crippen LogP contribution in [0.2, 0.25) is 0 Å². The molecule has 4 aromatic rings. The Labute approximate surface area is 192 Å². The second-order valence-electron chi connectivity index (χ2n) is 8.12. The van der Waals surface area contributed by atoms with Crippen molar-refractivity contribution in [2.24, 2.45) is 0 Å². The van der Waals surface area contributed by atoms with Crippen molar-refractivity contribution in [1.29, 1.82) is 0 Å². The van der Waals surface area contributed by atoms with Crippen molar-refractivity contribution in [1.82, 2.24) is 20.3 Å². The summed E-state index contributed by atoms with van der Waals surface area (Å²) in [5.74, 6) is 1.17. The van der Waals surface area contributed by atoms with Gasteiger partial charge >= 0.3 is 0 Å². The normalized spacial score (nSPS) is 12.7. The van der Waals surface area contributed by atoms with E-state index < -0.39 is 0 Å². The largest absolute Gasteiger partial charge is 0.474 e. The number of nitrogens with one attached hydrogen (secondary N) is 3. The Morgan fingerprint density at radius 3 is 2.79 bits per heavy atom. The molecule has 0 saturated heterocycles. The highest BCUT2D eigenvalue weighted by Gasteiger charge is 2.18. The highest BCUT2D eigenvalue weighted by atomic mass is 16.5. The number of rotatable bonds is 6. The number of benzene rings is 2. The van der Waals surface area contributed by atoms with Crippen LogP contribution in [0.25, 0.3) is 22.0 Å². The molecule has 0 aliphatic carbocycles. The summed E-state index contributed by atoms with van der Waals surface area (Å²) in [6.07, 6.45) is 4.58. The highest BCUT2D eigenvalue weighted by Crippen LogP contribution is 2.37. The van der Waals surface area contributed by atoms with Gasteiger partial charge in [0, 0.05) is 41.3 Å². The molecule has 0 spiro atoms. The molecular formula is C25H27N7O. The number of hydrogen-bond donors (Lipinski definition) is 4. The number of aromatic nitrogens is 3. The fourth-order valence-electron chi connectivity index (χ4n) is 4.04. The molecule has 5 rings (SSSR count). The lowest BCUT2D eigenvalue weighted by atomic mass is 9.99. The van der Waals surface area contributed by atoms with Gasteiger partial charge in [-0.3, -0.25) is 0 Å². The van der Waals surface area contributed by atoms with Gasteiger partial charge in [-0.05, 0) is 67.9 Å². The summed E-state index contributed by atoms with van der Waals surface area (Å²) in [7, 11) is 1.96. The molecule has 1 aliphatic heterocycles. The molecule has 168 valence electrons. The first-order valence-corrected chi connectivity index (χ1v) is 11.1. The Balaban J connectivity index is 1.46. The molecule has 5 N–H and O–H groups in total. The molecule has 0 bridgehead atoms. The average molecular weight is 442 g/mol. The lowest BCUT2D eigenvalue weighted by molar-refractivity contribution is 0.310. The van der Waals surface area contributed by atoms with E-state index in [1.807, 2.05) is 37.5 Å². The second kappa shape index (κ2) is 8.91. The van der Waals surface area contributed by atoms with Crippen LogP contribution >= 0.6 is 0 Å². The number of nitrogens with zero attached hydrogens (tertiary/aromatic N) is 3. The van der Waals surface area contributed by atoms with Gasteiger partial charge in [-0.2, -0.15) is 0 Å². The minimum atomic E-state index is 0.525. The summed E-state index contributed by atoms with van der Waals surface area (Å²) >= 11 is 0. The minimum absolute atomic E-state index is 0.525. The van der Waals surface area contributed by atoms with Crippen molar-refractivity contribution in [2.75, 3.05) is 43.1 Å². The van der Waals surface area contributed by atoms with Crippen LogP contribution < -0.4 is 26.4 Å². The Hall–Kier alpha value is -3.91. The van der Waals surface area contributed by atoms with Crippen LogP contribution in [0.4, 0.5) is 23.0 Å². The number of ether oxygens (including phenoxy) is 1. The van der Waals surface area contributed by atoms with Crippen LogP contribution in [0.1, 0.15) is 11.1 Å². The SMILES string of the molecule is CNCCc1ccc(Nc2ncc3c(N)cc(-c4cnc5c(c4C)NCCO5)cc3n2)cc1. The molecule has 0 saturated carbocycles. The van der Waals surface area contributed by atoms with Gasteiger partial charge in [0.15, 0.2) is 0 Å². The topological polar surface area (TPSA) is 110 Å². The van der Waals surface area contributed by atoms with Crippen LogP contribution in [0, 0.1) is 6.92 Å². The van der Waals surface area contributed by atoms with Crippen molar-refractivity contribution < 1.29 is 4.74 Å². The Morgan fingerprint density at radius 2 is 1.97 bits per heavy atom. The quantitative estimate of drug-likeness (QED) is 0.334. The Kier molecular flexibility index (Phi) is 5.66. The minimum Gasteiger partial charge on any atom is -0.474 e. The number of nitrogens with two attached hydrogens (primary N) is 1. The summed E-state index contributed by atoms with van der Waals surface area (Å²) in [4.78, 5) is 13.7. The first kappa shape index (κ1) is 21.0. The third-order valence-corrected chi connectivity index (χ3v) is 5.86. The third kappa shape index (κ3) is 4.25. The van der Waals surface area contributed by atoms with E-state index in [-0.39, 0.29) is 0 Å². The number of fused-ring (bicyclic) bond motifs is 2. The van der Waals surface area contributed by atoms with Gasteiger partial charge in [0.1, 0.15) is 12.3 Å². The molecule has 8 nitrogen and oxygen atoms in total. The molecule has 2 aromatic heterocycles. The smallest absolute Gasteiger partial charge is 0.237 e. The van der Waals surface area contributed by atoms with E-state index in [9.17, 15) is 0 Å². The Morgan fingerprint density at radius 1 is 1.12 bits per heavy atom. The lowest BCUT2D eigenvalue weighted by Crippen LogP contribution is -2.20. The standard InChI is InChI=1S/C25H27N7O/c1-15-19(13-29-24-23(15)28-9-10-33-24)17-11-21(26)20-14-30-25(32-22(20)12-17)31-18-5-3-16(4-6-18)7-8-27-2/h3-6,11-14,27-28H,7-10,26H2,1-2H3,(H,30,31,32). The van der Waals surface area contributed by atoms with Crippen molar-refractivity contribution in [3.63, 3.8) is 0 Å². The van der Waals surface area contributed by atoms with E-state index in [4.69, 9.17) is 15.5 Å². The fraction of sp³-hybridized carbons (Fsp3) is 0.240. The van der Waals surface area contributed by atoms with Gasteiger partial charge < -0.3 is 26.4 Å². The molecule has 2 aromatic carbocycles. The molecule has 0 unspecified atom stereocenters. The van der Waals surface area contributed by atoms with Crippen LogP contribution in [-0.4, -0.2) is 41.7 Å². The maximum Gasteiger partial charge on any atom is 0.237 e. The molecule has 1 aliphatic rings. The predicted molar refractivity (Wildman–Crippen MR) is 133 cm³/mol. The summed E-state index contributed by atoms with van der Waals surface area (Å²) in [6, 6.07) is 12.3. The summed E-state index contributed by atoms with van der Waals surface area (Å²) in [6.45, 7) is 4.39. The van der Waals surface area contributed by atoms with Crippen LogP contribution in [0.5, 0.6) is 5.88 Å². The van der Waals surface area contributed by atoms with E-state index in [0.29, 0.717) is 24.1 Å². The molecule has 0 fully saturated rings. The number of nitrogen functional groups attached to an aromatic ring is 1. The zero-order valence-electron chi connectivity index (χ0n) is 18.8. The van der Waals surface area contributed by atoms with E-state index >= 15 is 0 Å².